The van der Waals surface area contributed by atoms with Gasteiger partial charge in [0, 0.05) is 19.2 Å². The Bertz CT molecular complexity index is 678. The lowest BCUT2D eigenvalue weighted by atomic mass is 9.92. The first-order chi connectivity index (χ1) is 10.3. The van der Waals surface area contributed by atoms with E-state index in [-0.39, 0.29) is 24.6 Å². The van der Waals surface area contributed by atoms with Crippen molar-refractivity contribution in [1.82, 2.24) is 4.31 Å². The predicted octanol–water partition coefficient (Wildman–Crippen LogP) is 0.798. The molecule has 0 spiro atoms. The minimum Gasteiger partial charge on any atom is -0.481 e. The Morgan fingerprint density at radius 1 is 1.41 bits per heavy atom. The van der Waals surface area contributed by atoms with Crippen molar-refractivity contribution < 1.29 is 32.3 Å². The molecule has 2 atom stereocenters. The van der Waals surface area contributed by atoms with E-state index in [9.17, 15) is 18.0 Å². The first-order valence-electron chi connectivity index (χ1n) is 6.65. The predicted molar refractivity (Wildman–Crippen MR) is 73.7 cm³/mol. The Labute approximate surface area is 127 Å². The third-order valence-corrected chi connectivity index (χ3v) is 5.27. The van der Waals surface area contributed by atoms with Crippen LogP contribution in [0.25, 0.3) is 0 Å². The second kappa shape index (κ2) is 6.09. The zero-order valence-corrected chi connectivity index (χ0v) is 13.0. The van der Waals surface area contributed by atoms with E-state index in [4.69, 9.17) is 9.52 Å². The van der Waals surface area contributed by atoms with Gasteiger partial charge in [-0.15, -0.1) is 0 Å². The molecule has 0 saturated carbocycles. The van der Waals surface area contributed by atoms with Crippen molar-refractivity contribution in [2.75, 3.05) is 20.2 Å². The van der Waals surface area contributed by atoms with E-state index in [1.807, 2.05) is 0 Å². The lowest BCUT2D eigenvalue weighted by Gasteiger charge is -2.32. The lowest BCUT2D eigenvalue weighted by Crippen LogP contribution is -2.45. The topological polar surface area (TPSA) is 114 Å². The van der Waals surface area contributed by atoms with Crippen molar-refractivity contribution >= 4 is 22.0 Å². The van der Waals surface area contributed by atoms with Gasteiger partial charge in [0.15, 0.2) is 0 Å². The number of ether oxygens (including phenoxy) is 1. The third kappa shape index (κ3) is 3.14. The minimum absolute atomic E-state index is 0.0130. The number of nitrogens with zero attached hydrogens (tertiary/aromatic N) is 1. The van der Waals surface area contributed by atoms with Crippen LogP contribution in [0.1, 0.15) is 23.7 Å². The van der Waals surface area contributed by atoms with Crippen molar-refractivity contribution in [2.45, 2.75) is 18.4 Å². The van der Waals surface area contributed by atoms with E-state index in [0.717, 1.165) is 16.6 Å². The largest absolute Gasteiger partial charge is 0.481 e. The smallest absolute Gasteiger partial charge is 0.341 e. The molecule has 0 bridgehead atoms. The molecular formula is C13H17NO7S. The molecule has 0 amide bonds. The number of carbonyl (C=O) groups is 2. The highest BCUT2D eigenvalue weighted by Crippen LogP contribution is 2.28. The van der Waals surface area contributed by atoms with E-state index in [1.165, 1.54) is 7.11 Å². The molecular weight excluding hydrogens is 314 g/mol. The Balaban J connectivity index is 2.27. The first kappa shape index (κ1) is 16.5. The van der Waals surface area contributed by atoms with Gasteiger partial charge in [0.2, 0.25) is 5.09 Å². The van der Waals surface area contributed by atoms with E-state index in [1.54, 1.807) is 6.92 Å². The van der Waals surface area contributed by atoms with Crippen LogP contribution in [0.2, 0.25) is 0 Å². The highest BCUT2D eigenvalue weighted by Gasteiger charge is 2.37. The molecule has 1 fully saturated rings. The number of sulfonamides is 1. The SMILES string of the molecule is COC(=O)c1coc(S(=O)(=O)N2CC(C)CC(C(=O)O)C2)c1. The summed E-state index contributed by atoms with van der Waals surface area (Å²) in [7, 11) is -2.81. The monoisotopic (exact) mass is 331 g/mol. The molecule has 8 nitrogen and oxygen atoms in total. The number of hydrogen-bond donors (Lipinski definition) is 1. The van der Waals surface area contributed by atoms with E-state index >= 15 is 0 Å². The van der Waals surface area contributed by atoms with Crippen LogP contribution in [-0.4, -0.2) is 50.0 Å². The molecule has 1 N–H and O–H groups in total. The molecule has 0 aliphatic carbocycles. The number of furan rings is 1. The molecule has 1 aliphatic rings. The number of rotatable bonds is 4. The third-order valence-electron chi connectivity index (χ3n) is 3.57. The van der Waals surface area contributed by atoms with Gasteiger partial charge in [-0.3, -0.25) is 4.79 Å². The molecule has 1 saturated heterocycles. The summed E-state index contributed by atoms with van der Waals surface area (Å²) < 4.78 is 35.6. The number of carboxylic acid groups (broad SMARTS) is 1. The van der Waals surface area contributed by atoms with Gasteiger partial charge < -0.3 is 14.3 Å². The average molecular weight is 331 g/mol. The summed E-state index contributed by atoms with van der Waals surface area (Å²) in [5.74, 6) is -2.57. The van der Waals surface area contributed by atoms with Gasteiger partial charge in [-0.1, -0.05) is 6.92 Å². The molecule has 1 aromatic heterocycles. The fraction of sp³-hybridized carbons (Fsp3) is 0.538. The minimum atomic E-state index is -3.99. The fourth-order valence-electron chi connectivity index (χ4n) is 2.48. The maximum absolute atomic E-state index is 12.5. The van der Waals surface area contributed by atoms with Crippen LogP contribution in [-0.2, 0) is 19.6 Å². The molecule has 2 heterocycles. The molecule has 1 aliphatic heterocycles. The van der Waals surface area contributed by atoms with E-state index < -0.39 is 33.0 Å². The summed E-state index contributed by atoms with van der Waals surface area (Å²) in [6.45, 7) is 1.89. The zero-order valence-electron chi connectivity index (χ0n) is 12.2. The highest BCUT2D eigenvalue weighted by molar-refractivity contribution is 7.89. The molecule has 122 valence electrons. The van der Waals surface area contributed by atoms with Crippen LogP contribution in [0, 0.1) is 11.8 Å². The summed E-state index contributed by atoms with van der Waals surface area (Å²) in [6, 6.07) is 1.08. The van der Waals surface area contributed by atoms with Crippen molar-refractivity contribution in [3.8, 4) is 0 Å². The Kier molecular flexibility index (Phi) is 4.57. The number of methoxy groups -OCH3 is 1. The van der Waals surface area contributed by atoms with Gasteiger partial charge in [0.05, 0.1) is 18.6 Å². The summed E-state index contributed by atoms with van der Waals surface area (Å²) in [6.07, 6.45) is 1.42. The highest BCUT2D eigenvalue weighted by atomic mass is 32.2. The van der Waals surface area contributed by atoms with Gasteiger partial charge in [-0.2, -0.15) is 4.31 Å². The number of piperidine rings is 1. The van der Waals surface area contributed by atoms with E-state index in [2.05, 4.69) is 4.74 Å². The molecule has 0 radical (unpaired) electrons. The van der Waals surface area contributed by atoms with Crippen LogP contribution in [0.4, 0.5) is 0 Å². The van der Waals surface area contributed by atoms with Crippen molar-refractivity contribution in [2.24, 2.45) is 11.8 Å². The molecule has 1 aromatic rings. The number of esters is 1. The van der Waals surface area contributed by atoms with Crippen LogP contribution in [0.3, 0.4) is 0 Å². The van der Waals surface area contributed by atoms with Gasteiger partial charge in [-0.05, 0) is 12.3 Å². The van der Waals surface area contributed by atoms with Crippen LogP contribution in [0.5, 0.6) is 0 Å². The van der Waals surface area contributed by atoms with E-state index in [0.29, 0.717) is 6.42 Å². The molecule has 22 heavy (non-hydrogen) atoms. The van der Waals surface area contributed by atoms with Crippen molar-refractivity contribution in [1.29, 1.82) is 0 Å². The summed E-state index contributed by atoms with van der Waals surface area (Å²) >= 11 is 0. The number of carboxylic acids is 1. The van der Waals surface area contributed by atoms with Crippen LogP contribution < -0.4 is 0 Å². The molecule has 2 unspecified atom stereocenters. The first-order valence-corrected chi connectivity index (χ1v) is 8.09. The molecule has 0 aromatic carbocycles. The van der Waals surface area contributed by atoms with Crippen molar-refractivity contribution in [3.05, 3.63) is 17.9 Å². The maximum Gasteiger partial charge on any atom is 0.341 e. The number of carbonyl (C=O) groups excluding carboxylic acids is 1. The normalized spacial score (nSPS) is 23.2. The van der Waals surface area contributed by atoms with Gasteiger partial charge in [0.25, 0.3) is 10.0 Å². The van der Waals surface area contributed by atoms with Crippen molar-refractivity contribution in [3.63, 3.8) is 0 Å². The standard InChI is InChI=1S/C13H17NO7S/c1-8-3-9(12(15)16)6-14(5-8)22(18,19)11-4-10(7-21-11)13(17)20-2/h4,7-9H,3,5-6H2,1-2H3,(H,15,16). The zero-order chi connectivity index (χ0) is 16.5. The number of aliphatic carboxylic acids is 1. The second-order valence-electron chi connectivity index (χ2n) is 5.34. The summed E-state index contributed by atoms with van der Waals surface area (Å²) in [4.78, 5) is 22.5. The van der Waals surface area contributed by atoms with Crippen LogP contribution in [0.15, 0.2) is 21.8 Å². The quantitative estimate of drug-likeness (QED) is 0.811. The second-order valence-corrected chi connectivity index (χ2v) is 7.21. The van der Waals surface area contributed by atoms with Gasteiger partial charge >= 0.3 is 11.9 Å². The number of hydrogen-bond acceptors (Lipinski definition) is 6. The van der Waals surface area contributed by atoms with Crippen LogP contribution >= 0.6 is 0 Å². The fourth-order valence-corrected chi connectivity index (χ4v) is 4.01. The van der Waals surface area contributed by atoms with Gasteiger partial charge in [-0.25, -0.2) is 13.2 Å². The molecule has 2 rings (SSSR count). The average Bonchev–Trinajstić information content (AvgIpc) is 2.96. The summed E-state index contributed by atoms with van der Waals surface area (Å²) in [5.41, 5.74) is -0.0130. The van der Waals surface area contributed by atoms with Gasteiger partial charge in [0.1, 0.15) is 6.26 Å². The Hall–Kier alpha value is -1.87. The Morgan fingerprint density at radius 2 is 2.09 bits per heavy atom. The maximum atomic E-state index is 12.5. The molecule has 9 heteroatoms. The Morgan fingerprint density at radius 3 is 2.68 bits per heavy atom. The lowest BCUT2D eigenvalue weighted by molar-refractivity contribution is -0.143. The summed E-state index contributed by atoms with van der Waals surface area (Å²) in [5, 5.41) is 8.72.